The molecule has 0 fully saturated rings. The summed E-state index contributed by atoms with van der Waals surface area (Å²) in [6.07, 6.45) is 1.60. The second kappa shape index (κ2) is 4.85. The van der Waals surface area contributed by atoms with Gasteiger partial charge in [0.25, 0.3) is 5.91 Å². The maximum atomic E-state index is 11.9. The predicted molar refractivity (Wildman–Crippen MR) is 68.4 cm³/mol. The van der Waals surface area contributed by atoms with Crippen LogP contribution >= 0.6 is 0 Å². The van der Waals surface area contributed by atoms with Gasteiger partial charge in [-0.15, -0.1) is 0 Å². The Hall–Kier alpha value is -2.76. The van der Waals surface area contributed by atoms with E-state index in [2.05, 4.69) is 10.3 Å². The number of carbonyl (C=O) groups excluding carboxylic acids is 1. The molecule has 1 heterocycles. The Morgan fingerprint density at radius 2 is 1.84 bits per heavy atom. The Morgan fingerprint density at radius 3 is 2.42 bits per heavy atom. The summed E-state index contributed by atoms with van der Waals surface area (Å²) >= 11 is 0. The van der Waals surface area contributed by atoms with Crippen molar-refractivity contribution in [1.29, 1.82) is 0 Å². The topological polar surface area (TPSA) is 103 Å². The van der Waals surface area contributed by atoms with Crippen LogP contribution in [0.5, 0.6) is 17.2 Å². The molecule has 98 valence electrons. The minimum atomic E-state index is -0.658. The first-order valence-corrected chi connectivity index (χ1v) is 5.47. The lowest BCUT2D eigenvalue weighted by molar-refractivity contribution is 0.102. The quantitative estimate of drug-likeness (QED) is 0.616. The van der Waals surface area contributed by atoms with E-state index in [1.807, 2.05) is 0 Å². The van der Waals surface area contributed by atoms with Gasteiger partial charge in [-0.1, -0.05) is 0 Å². The first-order valence-electron chi connectivity index (χ1n) is 5.47. The van der Waals surface area contributed by atoms with Gasteiger partial charge >= 0.3 is 0 Å². The second-order valence-corrected chi connectivity index (χ2v) is 3.95. The largest absolute Gasteiger partial charge is 0.504 e. The summed E-state index contributed by atoms with van der Waals surface area (Å²) in [5.41, 5.74) is 1.19. The maximum Gasteiger partial charge on any atom is 0.255 e. The first kappa shape index (κ1) is 12.7. The van der Waals surface area contributed by atoms with E-state index in [9.17, 15) is 20.1 Å². The maximum absolute atomic E-state index is 11.9. The first-order chi connectivity index (χ1) is 8.99. The number of nitrogens with one attached hydrogen (secondary N) is 1. The van der Waals surface area contributed by atoms with Gasteiger partial charge < -0.3 is 20.6 Å². The molecule has 1 amide bonds. The van der Waals surface area contributed by atoms with E-state index >= 15 is 0 Å². The summed E-state index contributed by atoms with van der Waals surface area (Å²) in [7, 11) is 0. The summed E-state index contributed by atoms with van der Waals surface area (Å²) in [6, 6.07) is 5.49. The predicted octanol–water partition coefficient (Wildman–Crippen LogP) is 1.76. The van der Waals surface area contributed by atoms with Crippen LogP contribution in [0.2, 0.25) is 0 Å². The lowest BCUT2D eigenvalue weighted by atomic mass is 10.1. The number of anilines is 1. The molecule has 6 nitrogen and oxygen atoms in total. The average Bonchev–Trinajstić information content (AvgIpc) is 2.38. The molecule has 0 spiro atoms. The number of nitrogens with zero attached hydrogens (tertiary/aromatic N) is 1. The van der Waals surface area contributed by atoms with Crippen LogP contribution in [0.25, 0.3) is 0 Å². The van der Waals surface area contributed by atoms with E-state index in [0.29, 0.717) is 11.4 Å². The van der Waals surface area contributed by atoms with Gasteiger partial charge in [0.15, 0.2) is 17.2 Å². The van der Waals surface area contributed by atoms with Crippen molar-refractivity contribution in [2.45, 2.75) is 6.92 Å². The molecule has 6 heteroatoms. The molecule has 0 saturated carbocycles. The van der Waals surface area contributed by atoms with E-state index in [0.717, 1.165) is 12.1 Å². The number of hydrogen-bond acceptors (Lipinski definition) is 5. The molecule has 2 rings (SSSR count). The molecule has 19 heavy (non-hydrogen) atoms. The Kier molecular flexibility index (Phi) is 3.24. The van der Waals surface area contributed by atoms with Gasteiger partial charge in [0.1, 0.15) is 0 Å². The number of pyridine rings is 1. The smallest absolute Gasteiger partial charge is 0.255 e. The van der Waals surface area contributed by atoms with Crippen LogP contribution in [0.3, 0.4) is 0 Å². The fourth-order valence-corrected chi connectivity index (χ4v) is 1.55. The van der Waals surface area contributed by atoms with Gasteiger partial charge in [-0.2, -0.15) is 0 Å². The van der Waals surface area contributed by atoms with Gasteiger partial charge in [-0.3, -0.25) is 9.78 Å². The van der Waals surface area contributed by atoms with Gasteiger partial charge in [-0.25, -0.2) is 0 Å². The Labute approximate surface area is 109 Å². The highest BCUT2D eigenvalue weighted by Gasteiger charge is 2.14. The normalized spacial score (nSPS) is 10.2. The summed E-state index contributed by atoms with van der Waals surface area (Å²) in [6.45, 7) is 1.74. The van der Waals surface area contributed by atoms with Gasteiger partial charge in [0, 0.05) is 11.8 Å². The molecule has 0 aliphatic rings. The molecule has 1 aromatic carbocycles. The zero-order valence-electron chi connectivity index (χ0n) is 10.1. The number of phenolic OH excluding ortho intramolecular Hbond substituents is 3. The molecule has 0 unspecified atom stereocenters. The van der Waals surface area contributed by atoms with Crippen LogP contribution in [0.15, 0.2) is 30.5 Å². The Morgan fingerprint density at radius 1 is 1.21 bits per heavy atom. The third-order valence-corrected chi connectivity index (χ3v) is 2.59. The van der Waals surface area contributed by atoms with Crippen molar-refractivity contribution in [2.75, 3.05) is 5.32 Å². The van der Waals surface area contributed by atoms with Gasteiger partial charge in [0.05, 0.1) is 11.4 Å². The van der Waals surface area contributed by atoms with Crippen LogP contribution in [-0.4, -0.2) is 26.2 Å². The highest BCUT2D eigenvalue weighted by Crippen LogP contribution is 2.35. The number of amides is 1. The zero-order chi connectivity index (χ0) is 14.0. The summed E-state index contributed by atoms with van der Waals surface area (Å²) in [4.78, 5) is 16.0. The molecule has 2 aromatic rings. The van der Waals surface area contributed by atoms with Crippen molar-refractivity contribution >= 4 is 11.6 Å². The molecule has 0 radical (unpaired) electrons. The summed E-state index contributed by atoms with van der Waals surface area (Å²) < 4.78 is 0. The van der Waals surface area contributed by atoms with Crippen molar-refractivity contribution in [3.63, 3.8) is 0 Å². The molecular weight excluding hydrogens is 248 g/mol. The number of aryl methyl sites for hydroxylation is 1. The van der Waals surface area contributed by atoms with E-state index in [-0.39, 0.29) is 5.56 Å². The third kappa shape index (κ3) is 2.57. The van der Waals surface area contributed by atoms with Crippen molar-refractivity contribution < 1.29 is 20.1 Å². The highest BCUT2D eigenvalue weighted by molar-refractivity contribution is 6.05. The third-order valence-electron chi connectivity index (χ3n) is 2.59. The highest BCUT2D eigenvalue weighted by atomic mass is 16.3. The summed E-state index contributed by atoms with van der Waals surface area (Å²) in [5, 5.41) is 30.5. The van der Waals surface area contributed by atoms with Crippen LogP contribution in [0.4, 0.5) is 5.69 Å². The molecular formula is C13H12N2O4. The van der Waals surface area contributed by atoms with Crippen LogP contribution < -0.4 is 5.32 Å². The number of phenols is 3. The molecule has 1 aromatic heterocycles. The van der Waals surface area contributed by atoms with Crippen molar-refractivity contribution in [1.82, 2.24) is 4.98 Å². The van der Waals surface area contributed by atoms with Crippen molar-refractivity contribution in [3.05, 3.63) is 41.7 Å². The Bertz CT molecular complexity index is 617. The molecule has 0 saturated heterocycles. The fraction of sp³-hybridized carbons (Fsp3) is 0.0769. The van der Waals surface area contributed by atoms with E-state index in [1.165, 1.54) is 0 Å². The van der Waals surface area contributed by atoms with Crippen LogP contribution in [-0.2, 0) is 0 Å². The van der Waals surface area contributed by atoms with E-state index in [1.54, 1.807) is 25.3 Å². The summed E-state index contributed by atoms with van der Waals surface area (Å²) in [5.74, 6) is -2.31. The van der Waals surface area contributed by atoms with Gasteiger partial charge in [-0.05, 0) is 31.2 Å². The minimum Gasteiger partial charge on any atom is -0.504 e. The number of carbonyl (C=O) groups is 1. The SMILES string of the molecule is Cc1ncccc1NC(=O)c1cc(O)c(O)c(O)c1. The molecule has 4 N–H and O–H groups in total. The zero-order valence-corrected chi connectivity index (χ0v) is 10.1. The van der Waals surface area contributed by atoms with Crippen LogP contribution in [0, 0.1) is 6.92 Å². The van der Waals surface area contributed by atoms with Crippen molar-refractivity contribution in [2.24, 2.45) is 0 Å². The van der Waals surface area contributed by atoms with Crippen molar-refractivity contribution in [3.8, 4) is 17.2 Å². The van der Waals surface area contributed by atoms with E-state index < -0.39 is 23.2 Å². The average molecular weight is 260 g/mol. The molecule has 0 aliphatic heterocycles. The number of benzene rings is 1. The fourth-order valence-electron chi connectivity index (χ4n) is 1.55. The molecule has 0 bridgehead atoms. The monoisotopic (exact) mass is 260 g/mol. The molecule has 0 aliphatic carbocycles. The lowest BCUT2D eigenvalue weighted by Gasteiger charge is -2.08. The number of hydrogen-bond donors (Lipinski definition) is 4. The Balaban J connectivity index is 2.28. The van der Waals surface area contributed by atoms with E-state index in [4.69, 9.17) is 0 Å². The lowest BCUT2D eigenvalue weighted by Crippen LogP contribution is -2.13. The molecule has 0 atom stereocenters. The van der Waals surface area contributed by atoms with Gasteiger partial charge in [0.2, 0.25) is 0 Å². The number of rotatable bonds is 2. The second-order valence-electron chi connectivity index (χ2n) is 3.95. The van der Waals surface area contributed by atoms with Crippen LogP contribution in [0.1, 0.15) is 16.1 Å². The number of aromatic nitrogens is 1. The number of aromatic hydroxyl groups is 3. The minimum absolute atomic E-state index is 0.0241. The standard InChI is InChI=1S/C13H12N2O4/c1-7-9(3-2-4-14-7)15-13(19)8-5-10(16)12(18)11(17)6-8/h2-6,16-18H,1H3,(H,15,19).